The quantitative estimate of drug-likeness (QED) is 0.806. The van der Waals surface area contributed by atoms with Gasteiger partial charge in [0.2, 0.25) is 5.91 Å². The first-order chi connectivity index (χ1) is 7.84. The van der Waals surface area contributed by atoms with Crippen LogP contribution in [0.2, 0.25) is 0 Å². The topological polar surface area (TPSA) is 41.1 Å². The van der Waals surface area contributed by atoms with Crippen LogP contribution < -0.4 is 10.6 Å². The molecular formula is C13H23ClN2O. The van der Waals surface area contributed by atoms with Gasteiger partial charge in [-0.05, 0) is 63.5 Å². The lowest BCUT2D eigenvalue weighted by Gasteiger charge is -2.25. The van der Waals surface area contributed by atoms with Gasteiger partial charge >= 0.3 is 0 Å². The van der Waals surface area contributed by atoms with E-state index in [1.807, 2.05) is 0 Å². The molecule has 3 aliphatic rings. The van der Waals surface area contributed by atoms with E-state index in [4.69, 9.17) is 0 Å². The Kier molecular flexibility index (Phi) is 4.31. The Bertz CT molecular complexity index is 259. The predicted octanol–water partition coefficient (Wildman–Crippen LogP) is 1.71. The van der Waals surface area contributed by atoms with Gasteiger partial charge in [-0.3, -0.25) is 4.79 Å². The van der Waals surface area contributed by atoms with Gasteiger partial charge in [-0.25, -0.2) is 0 Å². The largest absolute Gasteiger partial charge is 0.353 e. The first-order valence-electron chi connectivity index (χ1n) is 6.85. The van der Waals surface area contributed by atoms with Crippen LogP contribution in [-0.4, -0.2) is 25.0 Å². The number of carbonyl (C=O) groups is 1. The van der Waals surface area contributed by atoms with Crippen molar-refractivity contribution >= 4 is 18.3 Å². The summed E-state index contributed by atoms with van der Waals surface area (Å²) >= 11 is 0. The molecule has 98 valence electrons. The maximum atomic E-state index is 12.1. The number of carbonyl (C=O) groups excluding carboxylic acids is 1. The highest BCUT2D eigenvalue weighted by Gasteiger charge is 2.42. The molecule has 1 saturated heterocycles. The summed E-state index contributed by atoms with van der Waals surface area (Å²) in [6.07, 6.45) is 7.41. The monoisotopic (exact) mass is 258 g/mol. The number of rotatable bonds is 4. The van der Waals surface area contributed by atoms with Crippen LogP contribution >= 0.6 is 12.4 Å². The van der Waals surface area contributed by atoms with Crippen LogP contribution in [0.3, 0.4) is 0 Å². The lowest BCUT2D eigenvalue weighted by molar-refractivity contribution is -0.126. The summed E-state index contributed by atoms with van der Waals surface area (Å²) in [5.41, 5.74) is 0. The Hall–Kier alpha value is -0.280. The van der Waals surface area contributed by atoms with E-state index in [1.165, 1.54) is 25.7 Å². The van der Waals surface area contributed by atoms with Crippen LogP contribution in [-0.2, 0) is 4.79 Å². The molecule has 0 unspecified atom stereocenters. The normalized spacial score (nSPS) is 25.5. The number of hydrogen-bond donors (Lipinski definition) is 2. The smallest absolute Gasteiger partial charge is 0.223 e. The molecule has 2 N–H and O–H groups in total. The molecule has 2 saturated carbocycles. The average Bonchev–Trinajstić information content (AvgIpc) is 3.19. The molecule has 3 nitrogen and oxygen atoms in total. The molecule has 17 heavy (non-hydrogen) atoms. The highest BCUT2D eigenvalue weighted by Crippen LogP contribution is 2.44. The van der Waals surface area contributed by atoms with Gasteiger partial charge in [0.25, 0.3) is 0 Å². The fourth-order valence-electron chi connectivity index (χ4n) is 2.90. The maximum Gasteiger partial charge on any atom is 0.223 e. The second-order valence-corrected chi connectivity index (χ2v) is 5.73. The third kappa shape index (κ3) is 3.35. The van der Waals surface area contributed by atoms with Gasteiger partial charge in [-0.1, -0.05) is 0 Å². The highest BCUT2D eigenvalue weighted by molar-refractivity contribution is 5.85. The summed E-state index contributed by atoms with van der Waals surface area (Å²) in [6.45, 7) is 2.02. The standard InChI is InChI=1S/C13H22N2O.ClH/c16-13(11-5-7-14-8-6-11)15-12(9-1-2-9)10-3-4-10;/h9-12,14H,1-8H2,(H,15,16);1H. The molecule has 1 amide bonds. The third-order valence-corrected chi connectivity index (χ3v) is 4.28. The zero-order chi connectivity index (χ0) is 11.0. The molecule has 0 bridgehead atoms. The summed E-state index contributed by atoms with van der Waals surface area (Å²) < 4.78 is 0. The molecular weight excluding hydrogens is 236 g/mol. The molecule has 0 atom stereocenters. The minimum absolute atomic E-state index is 0. The van der Waals surface area contributed by atoms with E-state index in [2.05, 4.69) is 10.6 Å². The molecule has 0 aromatic carbocycles. The van der Waals surface area contributed by atoms with Gasteiger partial charge in [-0.2, -0.15) is 0 Å². The Morgan fingerprint density at radius 3 is 2.00 bits per heavy atom. The van der Waals surface area contributed by atoms with Gasteiger partial charge in [0.1, 0.15) is 0 Å². The van der Waals surface area contributed by atoms with Gasteiger partial charge in [-0.15, -0.1) is 12.4 Å². The van der Waals surface area contributed by atoms with Crippen molar-refractivity contribution in [2.75, 3.05) is 13.1 Å². The second kappa shape index (κ2) is 5.57. The molecule has 0 aromatic heterocycles. The van der Waals surface area contributed by atoms with Crippen molar-refractivity contribution in [2.24, 2.45) is 17.8 Å². The SMILES string of the molecule is Cl.O=C(NC(C1CC1)C1CC1)C1CCNCC1. The minimum Gasteiger partial charge on any atom is -0.353 e. The van der Waals surface area contributed by atoms with Crippen LogP contribution in [0.5, 0.6) is 0 Å². The van der Waals surface area contributed by atoms with E-state index >= 15 is 0 Å². The van der Waals surface area contributed by atoms with Crippen LogP contribution in [0.25, 0.3) is 0 Å². The number of nitrogens with one attached hydrogen (secondary N) is 2. The van der Waals surface area contributed by atoms with Crippen molar-refractivity contribution in [1.29, 1.82) is 0 Å². The number of piperidine rings is 1. The zero-order valence-electron chi connectivity index (χ0n) is 10.3. The van der Waals surface area contributed by atoms with Crippen LogP contribution in [0.15, 0.2) is 0 Å². The van der Waals surface area contributed by atoms with Gasteiger partial charge in [0.05, 0.1) is 0 Å². The summed E-state index contributed by atoms with van der Waals surface area (Å²) in [7, 11) is 0. The zero-order valence-corrected chi connectivity index (χ0v) is 11.1. The van der Waals surface area contributed by atoms with E-state index in [0.717, 1.165) is 37.8 Å². The maximum absolute atomic E-state index is 12.1. The summed E-state index contributed by atoms with van der Waals surface area (Å²) in [5.74, 6) is 2.25. The fraction of sp³-hybridized carbons (Fsp3) is 0.923. The average molecular weight is 259 g/mol. The summed E-state index contributed by atoms with van der Waals surface area (Å²) in [4.78, 5) is 12.1. The Labute approximate surface area is 110 Å². The van der Waals surface area contributed by atoms with E-state index in [-0.39, 0.29) is 18.3 Å². The lowest BCUT2D eigenvalue weighted by Crippen LogP contribution is -2.44. The molecule has 3 rings (SSSR count). The van der Waals surface area contributed by atoms with E-state index in [0.29, 0.717) is 11.9 Å². The Morgan fingerprint density at radius 1 is 1.00 bits per heavy atom. The number of amides is 1. The van der Waals surface area contributed by atoms with Crippen molar-refractivity contribution in [2.45, 2.75) is 44.6 Å². The molecule has 1 aliphatic heterocycles. The predicted molar refractivity (Wildman–Crippen MR) is 70.2 cm³/mol. The van der Waals surface area contributed by atoms with Crippen LogP contribution in [0.1, 0.15) is 38.5 Å². The van der Waals surface area contributed by atoms with Crippen molar-refractivity contribution in [1.82, 2.24) is 10.6 Å². The molecule has 0 aromatic rings. The Morgan fingerprint density at radius 2 is 1.53 bits per heavy atom. The summed E-state index contributed by atoms with van der Waals surface area (Å²) in [6, 6.07) is 0.530. The van der Waals surface area contributed by atoms with Crippen molar-refractivity contribution in [3.8, 4) is 0 Å². The van der Waals surface area contributed by atoms with Gasteiger partial charge in [0.15, 0.2) is 0 Å². The van der Waals surface area contributed by atoms with Gasteiger partial charge < -0.3 is 10.6 Å². The fourth-order valence-corrected chi connectivity index (χ4v) is 2.90. The molecule has 1 heterocycles. The minimum atomic E-state index is 0. The molecule has 3 fully saturated rings. The molecule has 2 aliphatic carbocycles. The number of halogens is 1. The first kappa shape index (κ1) is 13.2. The molecule has 4 heteroatoms. The van der Waals surface area contributed by atoms with Crippen LogP contribution in [0, 0.1) is 17.8 Å². The third-order valence-electron chi connectivity index (χ3n) is 4.28. The van der Waals surface area contributed by atoms with E-state index in [9.17, 15) is 4.79 Å². The lowest BCUT2D eigenvalue weighted by atomic mass is 9.96. The van der Waals surface area contributed by atoms with Crippen molar-refractivity contribution < 1.29 is 4.79 Å². The van der Waals surface area contributed by atoms with Gasteiger partial charge in [0, 0.05) is 12.0 Å². The van der Waals surface area contributed by atoms with E-state index < -0.39 is 0 Å². The first-order valence-corrected chi connectivity index (χ1v) is 6.85. The van der Waals surface area contributed by atoms with Crippen molar-refractivity contribution in [3.05, 3.63) is 0 Å². The molecule has 0 spiro atoms. The second-order valence-electron chi connectivity index (χ2n) is 5.73. The molecule has 0 radical (unpaired) electrons. The van der Waals surface area contributed by atoms with E-state index in [1.54, 1.807) is 0 Å². The highest BCUT2D eigenvalue weighted by atomic mass is 35.5. The Balaban J connectivity index is 0.00000108. The van der Waals surface area contributed by atoms with Crippen LogP contribution in [0.4, 0.5) is 0 Å². The van der Waals surface area contributed by atoms with Crippen molar-refractivity contribution in [3.63, 3.8) is 0 Å². The number of hydrogen-bond acceptors (Lipinski definition) is 2. The summed E-state index contributed by atoms with van der Waals surface area (Å²) in [5, 5.41) is 6.66.